The lowest BCUT2D eigenvalue weighted by Gasteiger charge is -2.37. The van der Waals surface area contributed by atoms with Crippen LogP contribution in [0.3, 0.4) is 0 Å². The molecule has 6 heteroatoms. The number of ether oxygens (including phenoxy) is 1. The van der Waals surface area contributed by atoms with Crippen molar-refractivity contribution in [3.8, 4) is 0 Å². The van der Waals surface area contributed by atoms with E-state index in [1.807, 2.05) is 11.8 Å². The number of nitrogens with two attached hydrogens (primary N) is 1. The monoisotopic (exact) mass is 257 g/mol. The van der Waals surface area contributed by atoms with E-state index < -0.39 is 0 Å². The van der Waals surface area contributed by atoms with Gasteiger partial charge in [-0.15, -0.1) is 0 Å². The number of carbonyl (C=O) groups excluding carboxylic acids is 2. The SMILES string of the molecule is CCNC1CC(CC(=O)OC)CN(CC(N)=O)C1. The Morgan fingerprint density at radius 2 is 2.17 bits per heavy atom. The smallest absolute Gasteiger partial charge is 0.305 e. The van der Waals surface area contributed by atoms with Crippen molar-refractivity contribution >= 4 is 11.9 Å². The fourth-order valence-electron chi connectivity index (χ4n) is 2.56. The van der Waals surface area contributed by atoms with Crippen LogP contribution in [0.15, 0.2) is 0 Å². The predicted octanol–water partition coefficient (Wildman–Crippen LogP) is -0.665. The van der Waals surface area contributed by atoms with Crippen molar-refractivity contribution in [3.63, 3.8) is 0 Å². The number of primary amides is 1. The molecule has 1 aliphatic heterocycles. The maximum absolute atomic E-state index is 11.3. The van der Waals surface area contributed by atoms with E-state index in [9.17, 15) is 9.59 Å². The minimum absolute atomic E-state index is 0.198. The number of likely N-dealkylation sites (tertiary alicyclic amines) is 1. The number of carbonyl (C=O) groups is 2. The molecule has 1 rings (SSSR count). The fraction of sp³-hybridized carbons (Fsp3) is 0.833. The number of nitrogens with one attached hydrogen (secondary N) is 1. The van der Waals surface area contributed by atoms with E-state index in [-0.39, 0.29) is 24.3 Å². The molecule has 1 heterocycles. The summed E-state index contributed by atoms with van der Waals surface area (Å²) in [4.78, 5) is 24.3. The summed E-state index contributed by atoms with van der Waals surface area (Å²) in [7, 11) is 1.40. The third-order valence-electron chi connectivity index (χ3n) is 3.17. The summed E-state index contributed by atoms with van der Waals surface area (Å²) in [5.74, 6) is -0.310. The Kier molecular flexibility index (Phi) is 6.07. The summed E-state index contributed by atoms with van der Waals surface area (Å²) in [6, 6.07) is 0.303. The lowest BCUT2D eigenvalue weighted by molar-refractivity contribution is -0.142. The van der Waals surface area contributed by atoms with Crippen molar-refractivity contribution < 1.29 is 14.3 Å². The molecule has 0 aromatic carbocycles. The van der Waals surface area contributed by atoms with Gasteiger partial charge in [0.15, 0.2) is 0 Å². The molecule has 3 N–H and O–H groups in total. The van der Waals surface area contributed by atoms with E-state index >= 15 is 0 Å². The predicted molar refractivity (Wildman–Crippen MR) is 67.8 cm³/mol. The molecule has 0 spiro atoms. The van der Waals surface area contributed by atoms with Crippen molar-refractivity contribution in [1.82, 2.24) is 10.2 Å². The Morgan fingerprint density at radius 1 is 1.44 bits per heavy atom. The number of hydrogen-bond donors (Lipinski definition) is 2. The molecule has 104 valence electrons. The van der Waals surface area contributed by atoms with Crippen LogP contribution in [0.25, 0.3) is 0 Å². The quantitative estimate of drug-likeness (QED) is 0.617. The zero-order chi connectivity index (χ0) is 13.5. The molecule has 2 atom stereocenters. The number of nitrogens with zero attached hydrogens (tertiary/aromatic N) is 1. The standard InChI is InChI=1S/C12H23N3O3/c1-3-14-10-4-9(5-12(17)18-2)6-15(7-10)8-11(13)16/h9-10,14H,3-8H2,1-2H3,(H2,13,16). The number of methoxy groups -OCH3 is 1. The highest BCUT2D eigenvalue weighted by Gasteiger charge is 2.28. The first-order chi connectivity index (χ1) is 8.55. The molecule has 0 aromatic heterocycles. The average molecular weight is 257 g/mol. The van der Waals surface area contributed by atoms with Gasteiger partial charge < -0.3 is 15.8 Å². The van der Waals surface area contributed by atoms with Gasteiger partial charge in [0.1, 0.15) is 0 Å². The van der Waals surface area contributed by atoms with Crippen LogP contribution >= 0.6 is 0 Å². The van der Waals surface area contributed by atoms with E-state index in [1.54, 1.807) is 0 Å². The molecule has 1 amide bonds. The van der Waals surface area contributed by atoms with Gasteiger partial charge in [0.2, 0.25) is 5.91 Å². The average Bonchev–Trinajstić information content (AvgIpc) is 2.28. The minimum Gasteiger partial charge on any atom is -0.469 e. The minimum atomic E-state index is -0.330. The first-order valence-corrected chi connectivity index (χ1v) is 6.36. The Morgan fingerprint density at radius 3 is 2.72 bits per heavy atom. The van der Waals surface area contributed by atoms with Crippen molar-refractivity contribution in [2.24, 2.45) is 11.7 Å². The van der Waals surface area contributed by atoms with E-state index in [1.165, 1.54) is 7.11 Å². The number of rotatable bonds is 6. The van der Waals surface area contributed by atoms with Crippen LogP contribution in [0.1, 0.15) is 19.8 Å². The van der Waals surface area contributed by atoms with E-state index in [0.717, 1.165) is 26.1 Å². The first kappa shape index (κ1) is 14.9. The largest absolute Gasteiger partial charge is 0.469 e. The molecule has 0 aliphatic carbocycles. The van der Waals surface area contributed by atoms with Crippen molar-refractivity contribution in [2.75, 3.05) is 33.3 Å². The first-order valence-electron chi connectivity index (χ1n) is 6.36. The van der Waals surface area contributed by atoms with Crippen LogP contribution in [0.5, 0.6) is 0 Å². The second kappa shape index (κ2) is 7.33. The third kappa shape index (κ3) is 5.01. The number of esters is 1. The van der Waals surface area contributed by atoms with E-state index in [2.05, 4.69) is 5.32 Å². The van der Waals surface area contributed by atoms with Gasteiger partial charge >= 0.3 is 5.97 Å². The Balaban J connectivity index is 2.55. The number of likely N-dealkylation sites (N-methyl/N-ethyl adjacent to an activating group) is 1. The molecule has 1 fully saturated rings. The Bertz CT molecular complexity index is 296. The van der Waals surface area contributed by atoms with Gasteiger partial charge in [0.05, 0.1) is 13.7 Å². The van der Waals surface area contributed by atoms with Gasteiger partial charge in [-0.05, 0) is 18.9 Å². The number of piperidine rings is 1. The summed E-state index contributed by atoms with van der Waals surface area (Å²) >= 11 is 0. The van der Waals surface area contributed by atoms with E-state index in [0.29, 0.717) is 12.5 Å². The molecule has 0 aromatic rings. The molecule has 0 radical (unpaired) electrons. The van der Waals surface area contributed by atoms with Gasteiger partial charge in [-0.2, -0.15) is 0 Å². The summed E-state index contributed by atoms with van der Waals surface area (Å²) in [5, 5.41) is 3.36. The number of hydrogen-bond acceptors (Lipinski definition) is 5. The highest BCUT2D eigenvalue weighted by atomic mass is 16.5. The summed E-state index contributed by atoms with van der Waals surface area (Å²) in [6.07, 6.45) is 1.33. The van der Waals surface area contributed by atoms with Gasteiger partial charge in [0, 0.05) is 25.6 Å². The third-order valence-corrected chi connectivity index (χ3v) is 3.17. The topological polar surface area (TPSA) is 84.7 Å². The molecular weight excluding hydrogens is 234 g/mol. The Hall–Kier alpha value is -1.14. The maximum Gasteiger partial charge on any atom is 0.305 e. The lowest BCUT2D eigenvalue weighted by atomic mass is 9.91. The lowest BCUT2D eigenvalue weighted by Crippen LogP contribution is -2.51. The second-order valence-corrected chi connectivity index (χ2v) is 4.80. The zero-order valence-electron chi connectivity index (χ0n) is 11.1. The van der Waals surface area contributed by atoms with Crippen LogP contribution in [-0.4, -0.2) is 56.1 Å². The molecule has 0 saturated carbocycles. The van der Waals surface area contributed by atoms with Crippen molar-refractivity contribution in [2.45, 2.75) is 25.8 Å². The fourth-order valence-corrected chi connectivity index (χ4v) is 2.56. The molecule has 0 bridgehead atoms. The van der Waals surface area contributed by atoms with Crippen molar-refractivity contribution in [1.29, 1.82) is 0 Å². The maximum atomic E-state index is 11.3. The number of amides is 1. The molecule has 2 unspecified atom stereocenters. The van der Waals surface area contributed by atoms with Gasteiger partial charge in [-0.25, -0.2) is 0 Å². The van der Waals surface area contributed by atoms with Crippen LogP contribution in [0.4, 0.5) is 0 Å². The highest BCUT2D eigenvalue weighted by molar-refractivity contribution is 5.76. The van der Waals surface area contributed by atoms with Gasteiger partial charge in [-0.3, -0.25) is 14.5 Å². The summed E-state index contributed by atoms with van der Waals surface area (Å²) in [6.45, 7) is 4.69. The summed E-state index contributed by atoms with van der Waals surface area (Å²) < 4.78 is 4.70. The van der Waals surface area contributed by atoms with Crippen LogP contribution in [0, 0.1) is 5.92 Å². The normalized spacial score (nSPS) is 24.8. The molecule has 1 aliphatic rings. The van der Waals surface area contributed by atoms with Gasteiger partial charge in [-0.1, -0.05) is 6.92 Å². The van der Waals surface area contributed by atoms with Crippen LogP contribution in [-0.2, 0) is 14.3 Å². The van der Waals surface area contributed by atoms with Gasteiger partial charge in [0.25, 0.3) is 0 Å². The highest BCUT2D eigenvalue weighted by Crippen LogP contribution is 2.20. The second-order valence-electron chi connectivity index (χ2n) is 4.80. The van der Waals surface area contributed by atoms with E-state index in [4.69, 9.17) is 10.5 Å². The summed E-state index contributed by atoms with van der Waals surface area (Å²) in [5.41, 5.74) is 5.22. The molecule has 6 nitrogen and oxygen atoms in total. The van der Waals surface area contributed by atoms with Crippen LogP contribution < -0.4 is 11.1 Å². The van der Waals surface area contributed by atoms with Crippen molar-refractivity contribution in [3.05, 3.63) is 0 Å². The Labute approximate surface area is 108 Å². The van der Waals surface area contributed by atoms with Crippen LogP contribution in [0.2, 0.25) is 0 Å². The molecule has 1 saturated heterocycles. The zero-order valence-corrected chi connectivity index (χ0v) is 11.1. The molecule has 18 heavy (non-hydrogen) atoms. The molecular formula is C12H23N3O3.